The van der Waals surface area contributed by atoms with Crippen molar-refractivity contribution in [2.45, 2.75) is 77.6 Å². The minimum absolute atomic E-state index is 0.451. The van der Waals surface area contributed by atoms with Gasteiger partial charge in [0, 0.05) is 38.3 Å². The van der Waals surface area contributed by atoms with Crippen molar-refractivity contribution in [3.63, 3.8) is 0 Å². The topological polar surface area (TPSA) is 24.5 Å². The first-order valence-electron chi connectivity index (χ1n) is 8.60. The Labute approximate surface area is 125 Å². The molecule has 1 saturated heterocycles. The Morgan fingerprint density at radius 2 is 2.00 bits per heavy atom. The zero-order valence-corrected chi connectivity index (χ0v) is 14.1. The van der Waals surface area contributed by atoms with Crippen LogP contribution in [0.25, 0.3) is 0 Å². The predicted octanol–water partition coefficient (Wildman–Crippen LogP) is 2.90. The third kappa shape index (κ3) is 3.37. The van der Waals surface area contributed by atoms with Gasteiger partial charge in [-0.25, -0.2) is 0 Å². The average Bonchev–Trinajstić information content (AvgIpc) is 2.93. The fourth-order valence-corrected chi connectivity index (χ4v) is 4.04. The van der Waals surface area contributed by atoms with E-state index in [1.165, 1.54) is 32.2 Å². The lowest BCUT2D eigenvalue weighted by atomic mass is 9.90. The molecule has 2 aliphatic rings. The highest BCUT2D eigenvalue weighted by Crippen LogP contribution is 2.31. The Morgan fingerprint density at radius 1 is 1.25 bits per heavy atom. The molecule has 2 fully saturated rings. The largest absolute Gasteiger partial charge is 0.380 e. The van der Waals surface area contributed by atoms with Gasteiger partial charge in [0.25, 0.3) is 0 Å². The van der Waals surface area contributed by atoms with Crippen molar-refractivity contribution in [3.05, 3.63) is 0 Å². The summed E-state index contributed by atoms with van der Waals surface area (Å²) in [6.45, 7) is 11.7. The minimum atomic E-state index is 0.451. The van der Waals surface area contributed by atoms with Crippen LogP contribution in [0.4, 0.5) is 0 Å². The van der Waals surface area contributed by atoms with Gasteiger partial charge in [-0.3, -0.25) is 4.90 Å². The molecule has 1 heterocycles. The molecular formula is C17H34N2O. The van der Waals surface area contributed by atoms with E-state index in [1.54, 1.807) is 0 Å². The Kier molecular flexibility index (Phi) is 5.88. The first-order valence-corrected chi connectivity index (χ1v) is 8.60. The zero-order chi connectivity index (χ0) is 14.7. The van der Waals surface area contributed by atoms with Crippen LogP contribution in [0.3, 0.4) is 0 Å². The van der Waals surface area contributed by atoms with Gasteiger partial charge >= 0.3 is 0 Å². The van der Waals surface area contributed by atoms with Crippen LogP contribution in [0.1, 0.15) is 53.4 Å². The monoisotopic (exact) mass is 282 g/mol. The zero-order valence-electron chi connectivity index (χ0n) is 14.1. The Balaban J connectivity index is 2.10. The summed E-state index contributed by atoms with van der Waals surface area (Å²) in [6, 6.07) is 1.95. The molecule has 118 valence electrons. The average molecular weight is 282 g/mol. The molecule has 3 heteroatoms. The fourth-order valence-electron chi connectivity index (χ4n) is 4.04. The van der Waals surface area contributed by atoms with Crippen molar-refractivity contribution in [3.8, 4) is 0 Å². The summed E-state index contributed by atoms with van der Waals surface area (Å²) in [5, 5.41) is 3.81. The molecule has 0 aromatic carbocycles. The van der Waals surface area contributed by atoms with Gasteiger partial charge in [-0.15, -0.1) is 0 Å². The first kappa shape index (κ1) is 16.3. The van der Waals surface area contributed by atoms with Crippen molar-refractivity contribution in [2.24, 2.45) is 11.8 Å². The van der Waals surface area contributed by atoms with Crippen LogP contribution >= 0.6 is 0 Å². The van der Waals surface area contributed by atoms with E-state index in [-0.39, 0.29) is 0 Å². The third-order valence-electron chi connectivity index (χ3n) is 5.67. The van der Waals surface area contributed by atoms with Crippen LogP contribution in [0, 0.1) is 11.8 Å². The van der Waals surface area contributed by atoms with Crippen LogP contribution in [0.15, 0.2) is 0 Å². The predicted molar refractivity (Wildman–Crippen MR) is 85.0 cm³/mol. The Hall–Kier alpha value is -0.120. The van der Waals surface area contributed by atoms with Crippen molar-refractivity contribution in [2.75, 3.05) is 20.2 Å². The second kappa shape index (κ2) is 7.24. The van der Waals surface area contributed by atoms with Gasteiger partial charge < -0.3 is 10.1 Å². The fraction of sp³-hybridized carbons (Fsp3) is 1.00. The number of rotatable bonds is 5. The molecular weight excluding hydrogens is 248 g/mol. The molecule has 2 rings (SSSR count). The van der Waals surface area contributed by atoms with Crippen molar-refractivity contribution in [1.29, 1.82) is 0 Å². The lowest BCUT2D eigenvalue weighted by Gasteiger charge is -2.48. The van der Waals surface area contributed by atoms with E-state index in [0.29, 0.717) is 30.1 Å². The third-order valence-corrected chi connectivity index (χ3v) is 5.67. The molecule has 0 bridgehead atoms. The number of hydrogen-bond acceptors (Lipinski definition) is 3. The molecule has 3 nitrogen and oxygen atoms in total. The second-order valence-electron chi connectivity index (χ2n) is 7.18. The molecule has 1 saturated carbocycles. The van der Waals surface area contributed by atoms with Gasteiger partial charge in [0.1, 0.15) is 0 Å². The summed E-state index contributed by atoms with van der Waals surface area (Å²) in [6.07, 6.45) is 5.59. The van der Waals surface area contributed by atoms with Gasteiger partial charge in [-0.1, -0.05) is 34.1 Å². The second-order valence-corrected chi connectivity index (χ2v) is 7.18. The van der Waals surface area contributed by atoms with Gasteiger partial charge in [0.05, 0.1) is 6.10 Å². The number of methoxy groups -OCH3 is 1. The van der Waals surface area contributed by atoms with E-state index in [2.05, 4.69) is 37.9 Å². The van der Waals surface area contributed by atoms with Gasteiger partial charge in [0.2, 0.25) is 0 Å². The summed E-state index contributed by atoms with van der Waals surface area (Å²) in [5.74, 6) is 1.46. The molecule has 1 aliphatic carbocycles. The number of hydrogen-bond donors (Lipinski definition) is 1. The SMILES string of the molecule is CCC(C)C1CN(C2CCCC2OC)C(C(C)C)CN1. The van der Waals surface area contributed by atoms with Crippen LogP contribution in [0.5, 0.6) is 0 Å². The van der Waals surface area contributed by atoms with E-state index >= 15 is 0 Å². The lowest BCUT2D eigenvalue weighted by Crippen LogP contribution is -2.63. The molecule has 0 amide bonds. The molecule has 0 radical (unpaired) electrons. The smallest absolute Gasteiger partial charge is 0.0726 e. The normalized spacial score (nSPS) is 37.5. The summed E-state index contributed by atoms with van der Waals surface area (Å²) < 4.78 is 5.77. The Morgan fingerprint density at radius 3 is 2.60 bits per heavy atom. The van der Waals surface area contributed by atoms with E-state index in [1.807, 2.05) is 7.11 Å². The molecule has 0 spiro atoms. The minimum Gasteiger partial charge on any atom is -0.380 e. The molecule has 0 aromatic rings. The highest BCUT2D eigenvalue weighted by atomic mass is 16.5. The van der Waals surface area contributed by atoms with Gasteiger partial charge in [-0.2, -0.15) is 0 Å². The van der Waals surface area contributed by atoms with E-state index in [9.17, 15) is 0 Å². The summed E-state index contributed by atoms with van der Waals surface area (Å²) in [5.41, 5.74) is 0. The van der Waals surface area contributed by atoms with Crippen LogP contribution in [0.2, 0.25) is 0 Å². The van der Waals surface area contributed by atoms with Crippen molar-refractivity contribution < 1.29 is 4.74 Å². The number of nitrogens with one attached hydrogen (secondary N) is 1. The summed E-state index contributed by atoms with van der Waals surface area (Å²) in [7, 11) is 1.89. The van der Waals surface area contributed by atoms with Crippen molar-refractivity contribution in [1.82, 2.24) is 10.2 Å². The summed E-state index contributed by atoms with van der Waals surface area (Å²) in [4.78, 5) is 2.79. The Bertz CT molecular complexity index is 295. The first-order chi connectivity index (χ1) is 9.58. The highest BCUT2D eigenvalue weighted by molar-refractivity contribution is 4.97. The molecule has 1 aliphatic heterocycles. The lowest BCUT2D eigenvalue weighted by molar-refractivity contribution is -0.0200. The number of ether oxygens (including phenoxy) is 1. The van der Waals surface area contributed by atoms with Crippen molar-refractivity contribution >= 4 is 0 Å². The molecule has 1 N–H and O–H groups in total. The van der Waals surface area contributed by atoms with Crippen LogP contribution in [-0.2, 0) is 4.74 Å². The maximum Gasteiger partial charge on any atom is 0.0726 e. The highest BCUT2D eigenvalue weighted by Gasteiger charge is 2.40. The molecule has 20 heavy (non-hydrogen) atoms. The number of nitrogens with zero attached hydrogens (tertiary/aromatic N) is 1. The van der Waals surface area contributed by atoms with Gasteiger partial charge in [0.15, 0.2) is 0 Å². The van der Waals surface area contributed by atoms with Crippen LogP contribution in [-0.4, -0.2) is 49.3 Å². The molecule has 5 atom stereocenters. The molecule has 5 unspecified atom stereocenters. The summed E-state index contributed by atoms with van der Waals surface area (Å²) >= 11 is 0. The molecule has 0 aromatic heterocycles. The quantitative estimate of drug-likeness (QED) is 0.839. The van der Waals surface area contributed by atoms with E-state index < -0.39 is 0 Å². The van der Waals surface area contributed by atoms with Gasteiger partial charge in [-0.05, 0) is 31.1 Å². The van der Waals surface area contributed by atoms with Crippen LogP contribution < -0.4 is 5.32 Å². The van der Waals surface area contributed by atoms with E-state index in [0.717, 1.165) is 12.5 Å². The maximum absolute atomic E-state index is 5.77. The maximum atomic E-state index is 5.77. The number of piperazine rings is 1. The standard InChI is InChI=1S/C17H34N2O/c1-6-13(4)14-11-19(16(10-18-14)12(2)3)15-8-7-9-17(15)20-5/h12-18H,6-11H2,1-5H3. The van der Waals surface area contributed by atoms with E-state index in [4.69, 9.17) is 4.74 Å².